The summed E-state index contributed by atoms with van der Waals surface area (Å²) in [6.07, 6.45) is 7.97. The van der Waals surface area contributed by atoms with Crippen molar-refractivity contribution in [1.29, 1.82) is 0 Å². The Morgan fingerprint density at radius 1 is 1.50 bits per heavy atom. The van der Waals surface area contributed by atoms with Crippen molar-refractivity contribution in [2.75, 3.05) is 6.54 Å². The second-order valence-electron chi connectivity index (χ2n) is 4.31. The number of carbonyl (C=O) groups excluding carboxylic acids is 1. The number of nitrogens with zero attached hydrogens (tertiary/aromatic N) is 1. The summed E-state index contributed by atoms with van der Waals surface area (Å²) in [6.45, 7) is 4.40. The molecule has 0 aromatic carbocycles. The van der Waals surface area contributed by atoms with Crippen LogP contribution in [0, 0.1) is 0 Å². The van der Waals surface area contributed by atoms with E-state index in [9.17, 15) is 4.79 Å². The van der Waals surface area contributed by atoms with E-state index in [1.807, 2.05) is 4.90 Å². The van der Waals surface area contributed by atoms with Gasteiger partial charge in [-0.15, -0.1) is 5.48 Å². The molecule has 16 heavy (non-hydrogen) atoms. The third-order valence-electron chi connectivity index (χ3n) is 3.41. The highest BCUT2D eigenvalue weighted by atomic mass is 16.7. The van der Waals surface area contributed by atoms with Gasteiger partial charge in [-0.05, 0) is 12.8 Å². The smallest absolute Gasteiger partial charge is 0.251 e. The number of hydrogen-bond donors (Lipinski definition) is 1. The summed E-state index contributed by atoms with van der Waals surface area (Å²) < 4.78 is 0. The normalized spacial score (nSPS) is 28.9. The molecule has 0 aromatic rings. The highest BCUT2D eigenvalue weighted by molar-refractivity contribution is 5.88. The zero-order valence-corrected chi connectivity index (χ0v) is 8.98. The van der Waals surface area contributed by atoms with Gasteiger partial charge in [0.15, 0.2) is 11.8 Å². The fourth-order valence-corrected chi connectivity index (χ4v) is 2.43. The molecule has 1 amide bonds. The fourth-order valence-electron chi connectivity index (χ4n) is 2.43. The van der Waals surface area contributed by atoms with E-state index in [0.29, 0.717) is 12.6 Å². The number of hydroxylamine groups is 1. The van der Waals surface area contributed by atoms with Crippen LogP contribution in [0.1, 0.15) is 12.8 Å². The predicted molar refractivity (Wildman–Crippen MR) is 59.1 cm³/mol. The molecule has 1 saturated heterocycles. The summed E-state index contributed by atoms with van der Waals surface area (Å²) in [6, 6.07) is 0.0359. The first-order valence-corrected chi connectivity index (χ1v) is 5.54. The first-order chi connectivity index (χ1) is 7.81. The van der Waals surface area contributed by atoms with Crippen LogP contribution < -0.4 is 5.48 Å². The van der Waals surface area contributed by atoms with Crippen LogP contribution in [0.15, 0.2) is 36.1 Å². The van der Waals surface area contributed by atoms with E-state index < -0.39 is 0 Å². The van der Waals surface area contributed by atoms with Gasteiger partial charge in [0.05, 0.1) is 0 Å². The Morgan fingerprint density at radius 2 is 2.25 bits per heavy atom. The van der Waals surface area contributed by atoms with Gasteiger partial charge >= 0.3 is 0 Å². The molecule has 3 aliphatic rings. The maximum absolute atomic E-state index is 12.1. The van der Waals surface area contributed by atoms with E-state index in [-0.39, 0.29) is 11.9 Å². The van der Waals surface area contributed by atoms with Gasteiger partial charge in [-0.1, -0.05) is 24.8 Å². The molecule has 0 saturated carbocycles. The van der Waals surface area contributed by atoms with Crippen LogP contribution in [-0.4, -0.2) is 29.4 Å². The Bertz CT molecular complexity index is 403. The van der Waals surface area contributed by atoms with Crippen molar-refractivity contribution in [2.45, 2.75) is 24.9 Å². The highest BCUT2D eigenvalue weighted by Crippen LogP contribution is 2.30. The van der Waals surface area contributed by atoms with Gasteiger partial charge in [0, 0.05) is 18.2 Å². The first kappa shape index (κ1) is 9.66. The number of nitrogens with one attached hydrogen (secondary N) is 1. The average Bonchev–Trinajstić information content (AvgIpc) is 2.73. The summed E-state index contributed by atoms with van der Waals surface area (Å²) in [5.41, 5.74) is 3.72. The van der Waals surface area contributed by atoms with Gasteiger partial charge < -0.3 is 9.74 Å². The van der Waals surface area contributed by atoms with Crippen molar-refractivity contribution in [3.8, 4) is 0 Å². The number of amides is 1. The molecular weight excluding hydrogens is 204 g/mol. The number of rotatable bonds is 2. The second-order valence-corrected chi connectivity index (χ2v) is 4.31. The highest BCUT2D eigenvalue weighted by Gasteiger charge is 2.44. The van der Waals surface area contributed by atoms with Gasteiger partial charge in [-0.25, -0.2) is 0 Å². The number of hydrogen-bond acceptors (Lipinski definition) is 3. The van der Waals surface area contributed by atoms with Crippen molar-refractivity contribution in [3.63, 3.8) is 0 Å². The minimum Gasteiger partial charge on any atom is -0.409 e. The Labute approximate surface area is 94.2 Å². The molecule has 0 spiro atoms. The summed E-state index contributed by atoms with van der Waals surface area (Å²) in [4.78, 5) is 19.2. The van der Waals surface area contributed by atoms with E-state index in [1.54, 1.807) is 6.08 Å². The van der Waals surface area contributed by atoms with Crippen LogP contribution in [0.3, 0.4) is 0 Å². The van der Waals surface area contributed by atoms with E-state index >= 15 is 0 Å². The molecule has 2 heterocycles. The molecule has 1 unspecified atom stereocenters. The van der Waals surface area contributed by atoms with Crippen molar-refractivity contribution >= 4 is 5.91 Å². The molecule has 0 bridgehead atoms. The monoisotopic (exact) mass is 218 g/mol. The molecule has 4 heteroatoms. The molecule has 1 atom stereocenters. The van der Waals surface area contributed by atoms with Crippen molar-refractivity contribution in [2.24, 2.45) is 0 Å². The van der Waals surface area contributed by atoms with Gasteiger partial charge in [-0.2, -0.15) is 0 Å². The number of fused-ring (bicyclic) bond motifs is 1. The average molecular weight is 218 g/mol. The molecule has 0 aromatic heterocycles. The van der Waals surface area contributed by atoms with Crippen LogP contribution in [-0.2, 0) is 9.63 Å². The molecule has 1 aliphatic carbocycles. The molecule has 1 fully saturated rings. The van der Waals surface area contributed by atoms with Crippen LogP contribution >= 0.6 is 0 Å². The maximum Gasteiger partial charge on any atom is 0.251 e. The van der Waals surface area contributed by atoms with E-state index in [0.717, 1.165) is 24.2 Å². The summed E-state index contributed by atoms with van der Waals surface area (Å²) >= 11 is 0. The van der Waals surface area contributed by atoms with Crippen molar-refractivity contribution in [1.82, 2.24) is 10.4 Å². The maximum atomic E-state index is 12.1. The topological polar surface area (TPSA) is 41.6 Å². The summed E-state index contributed by atoms with van der Waals surface area (Å²) in [5, 5.41) is 0. The Kier molecular flexibility index (Phi) is 2.11. The van der Waals surface area contributed by atoms with Gasteiger partial charge in [0.2, 0.25) is 0 Å². The SMILES string of the molecule is C=CC1=C2ONC2C(=O)N(C2CC=CC2)C1. The fraction of sp³-hybridized carbons (Fsp3) is 0.417. The molecule has 4 nitrogen and oxygen atoms in total. The molecule has 1 N–H and O–H groups in total. The molecule has 0 radical (unpaired) electrons. The molecule has 2 aliphatic heterocycles. The van der Waals surface area contributed by atoms with E-state index in [1.165, 1.54) is 0 Å². The summed E-state index contributed by atoms with van der Waals surface area (Å²) in [5.74, 6) is 0.878. The molecular formula is C12H14N2O2. The van der Waals surface area contributed by atoms with Crippen LogP contribution in [0.5, 0.6) is 0 Å². The lowest BCUT2D eigenvalue weighted by molar-refractivity contribution is -0.150. The second kappa shape index (κ2) is 3.49. The van der Waals surface area contributed by atoms with Crippen LogP contribution in [0.2, 0.25) is 0 Å². The Balaban J connectivity index is 1.86. The minimum absolute atomic E-state index is 0.126. The van der Waals surface area contributed by atoms with E-state index in [4.69, 9.17) is 4.84 Å². The quantitative estimate of drug-likeness (QED) is 0.700. The largest absolute Gasteiger partial charge is 0.409 e. The van der Waals surface area contributed by atoms with Crippen LogP contribution in [0.25, 0.3) is 0 Å². The third kappa shape index (κ3) is 1.23. The summed E-state index contributed by atoms with van der Waals surface area (Å²) in [7, 11) is 0. The molecule has 84 valence electrons. The zero-order chi connectivity index (χ0) is 11.1. The Morgan fingerprint density at radius 3 is 2.81 bits per heavy atom. The van der Waals surface area contributed by atoms with Crippen molar-refractivity contribution in [3.05, 3.63) is 36.1 Å². The zero-order valence-electron chi connectivity index (χ0n) is 8.98. The standard InChI is InChI=1S/C12H14N2O2/c1-2-8-7-14(9-5-3-4-6-9)12(15)10-11(8)16-13-10/h2-4,9-10,13H,1,5-7H2. The third-order valence-corrected chi connectivity index (χ3v) is 3.41. The van der Waals surface area contributed by atoms with E-state index in [2.05, 4.69) is 24.2 Å². The lowest BCUT2D eigenvalue weighted by Crippen LogP contribution is -2.61. The lowest BCUT2D eigenvalue weighted by atomic mass is 9.99. The van der Waals surface area contributed by atoms with Gasteiger partial charge in [0.25, 0.3) is 5.91 Å². The van der Waals surface area contributed by atoms with Crippen LogP contribution in [0.4, 0.5) is 0 Å². The number of carbonyl (C=O) groups is 1. The minimum atomic E-state index is -0.276. The van der Waals surface area contributed by atoms with Gasteiger partial charge in [-0.3, -0.25) is 4.79 Å². The van der Waals surface area contributed by atoms with Gasteiger partial charge in [0.1, 0.15) is 0 Å². The predicted octanol–water partition coefficient (Wildman–Crippen LogP) is 0.891. The molecule has 3 rings (SSSR count). The Hall–Kier alpha value is -1.55. The van der Waals surface area contributed by atoms with Crippen molar-refractivity contribution < 1.29 is 9.63 Å². The lowest BCUT2D eigenvalue weighted by Gasteiger charge is -2.42. The first-order valence-electron chi connectivity index (χ1n) is 5.54.